The summed E-state index contributed by atoms with van der Waals surface area (Å²) in [6.45, 7) is 3.41. The number of ether oxygens (including phenoxy) is 1. The van der Waals surface area contributed by atoms with E-state index >= 15 is 0 Å². The van der Waals surface area contributed by atoms with E-state index < -0.39 is 0 Å². The molecule has 1 aliphatic rings. The van der Waals surface area contributed by atoms with Crippen LogP contribution in [0.2, 0.25) is 10.0 Å². The number of anilines is 2. The van der Waals surface area contributed by atoms with Crippen LogP contribution in [0.15, 0.2) is 41.6 Å². The summed E-state index contributed by atoms with van der Waals surface area (Å²) >= 11 is 11.8. The lowest BCUT2D eigenvalue weighted by atomic mass is 10.2. The van der Waals surface area contributed by atoms with Crippen molar-refractivity contribution in [2.24, 2.45) is 5.10 Å². The Hall–Kier alpha value is -1.82. The molecular formula is C16H16Cl2N4O. The molecule has 7 heteroatoms. The van der Waals surface area contributed by atoms with Crippen molar-refractivity contribution in [2.75, 3.05) is 36.6 Å². The Morgan fingerprint density at radius 3 is 2.61 bits per heavy atom. The standard InChI is InChI=1S/C16H16Cl2N4O/c17-13-9-15(18)16(19-11-13)21-20-10-12-1-3-14(4-2-12)22-5-7-23-8-6-22/h1-4,9-11H,5-8H2,(H,19,21). The van der Waals surface area contributed by atoms with E-state index in [4.69, 9.17) is 27.9 Å². The monoisotopic (exact) mass is 350 g/mol. The third-order valence-electron chi connectivity index (χ3n) is 3.46. The van der Waals surface area contributed by atoms with E-state index in [2.05, 4.69) is 32.5 Å². The Labute approximate surface area is 144 Å². The van der Waals surface area contributed by atoms with Crippen molar-refractivity contribution in [1.82, 2.24) is 4.98 Å². The summed E-state index contributed by atoms with van der Waals surface area (Å²) in [7, 11) is 0. The molecular weight excluding hydrogens is 335 g/mol. The lowest BCUT2D eigenvalue weighted by Crippen LogP contribution is -2.36. The minimum absolute atomic E-state index is 0.428. The van der Waals surface area contributed by atoms with Crippen molar-refractivity contribution in [3.63, 3.8) is 0 Å². The van der Waals surface area contributed by atoms with Crippen LogP contribution >= 0.6 is 23.2 Å². The highest BCUT2D eigenvalue weighted by molar-refractivity contribution is 6.35. The third-order valence-corrected chi connectivity index (χ3v) is 3.96. The molecule has 0 aliphatic carbocycles. The molecule has 120 valence electrons. The minimum Gasteiger partial charge on any atom is -0.378 e. The predicted octanol–water partition coefficient (Wildman–Crippen LogP) is 3.67. The molecule has 0 bridgehead atoms. The average Bonchev–Trinajstić information content (AvgIpc) is 2.58. The van der Waals surface area contributed by atoms with Gasteiger partial charge in [-0.05, 0) is 23.8 Å². The number of rotatable bonds is 4. The number of aromatic nitrogens is 1. The van der Waals surface area contributed by atoms with Crippen LogP contribution in [0, 0.1) is 0 Å². The maximum absolute atomic E-state index is 6.02. The highest BCUT2D eigenvalue weighted by Crippen LogP contribution is 2.22. The minimum atomic E-state index is 0.428. The number of nitrogens with zero attached hydrogens (tertiary/aromatic N) is 3. The topological polar surface area (TPSA) is 49.8 Å². The van der Waals surface area contributed by atoms with Crippen LogP contribution in [0.1, 0.15) is 5.56 Å². The Kier molecular flexibility index (Phi) is 5.33. The quantitative estimate of drug-likeness (QED) is 0.675. The molecule has 3 rings (SSSR count). The zero-order valence-electron chi connectivity index (χ0n) is 12.4. The smallest absolute Gasteiger partial charge is 0.165 e. The van der Waals surface area contributed by atoms with Crippen LogP contribution in [-0.2, 0) is 4.74 Å². The van der Waals surface area contributed by atoms with Crippen LogP contribution < -0.4 is 10.3 Å². The van der Waals surface area contributed by atoms with Crippen LogP contribution in [0.4, 0.5) is 11.5 Å². The number of hydrogen-bond donors (Lipinski definition) is 1. The summed E-state index contributed by atoms with van der Waals surface area (Å²) in [4.78, 5) is 6.38. The van der Waals surface area contributed by atoms with Gasteiger partial charge in [-0.15, -0.1) is 0 Å². The summed E-state index contributed by atoms with van der Waals surface area (Å²) in [5.41, 5.74) is 4.99. The fraction of sp³-hybridized carbons (Fsp3) is 0.250. The van der Waals surface area contributed by atoms with Crippen LogP contribution in [0.5, 0.6) is 0 Å². The zero-order chi connectivity index (χ0) is 16.1. The van der Waals surface area contributed by atoms with Gasteiger partial charge in [0.1, 0.15) is 0 Å². The average molecular weight is 351 g/mol. The number of halogens is 2. The molecule has 1 fully saturated rings. The molecule has 0 radical (unpaired) electrons. The molecule has 0 amide bonds. The van der Waals surface area contributed by atoms with E-state index in [1.807, 2.05) is 12.1 Å². The van der Waals surface area contributed by atoms with Gasteiger partial charge in [0.25, 0.3) is 0 Å². The molecule has 1 N–H and O–H groups in total. The van der Waals surface area contributed by atoms with Crippen molar-refractivity contribution < 1.29 is 4.74 Å². The summed E-state index contributed by atoms with van der Waals surface area (Å²) in [6.07, 6.45) is 3.23. The first kappa shape index (κ1) is 16.1. The lowest BCUT2D eigenvalue weighted by molar-refractivity contribution is 0.122. The van der Waals surface area contributed by atoms with Crippen molar-refractivity contribution in [3.8, 4) is 0 Å². The summed E-state index contributed by atoms with van der Waals surface area (Å²) < 4.78 is 5.36. The molecule has 5 nitrogen and oxygen atoms in total. The van der Waals surface area contributed by atoms with Gasteiger partial charge in [-0.25, -0.2) is 4.98 Å². The van der Waals surface area contributed by atoms with Crippen molar-refractivity contribution in [1.29, 1.82) is 0 Å². The highest BCUT2D eigenvalue weighted by atomic mass is 35.5. The molecule has 1 saturated heterocycles. The fourth-order valence-corrected chi connectivity index (χ4v) is 2.68. The number of hydrogen-bond acceptors (Lipinski definition) is 5. The van der Waals surface area contributed by atoms with Crippen molar-refractivity contribution in [2.45, 2.75) is 0 Å². The number of hydrazone groups is 1. The molecule has 2 heterocycles. The van der Waals surface area contributed by atoms with Crippen LogP contribution in [-0.4, -0.2) is 37.5 Å². The molecule has 0 spiro atoms. The number of pyridine rings is 1. The molecule has 23 heavy (non-hydrogen) atoms. The normalized spacial score (nSPS) is 15.1. The van der Waals surface area contributed by atoms with Crippen LogP contribution in [0.3, 0.4) is 0 Å². The molecule has 0 atom stereocenters. The maximum atomic E-state index is 6.02. The lowest BCUT2D eigenvalue weighted by Gasteiger charge is -2.28. The second kappa shape index (κ2) is 7.64. The van der Waals surface area contributed by atoms with Gasteiger partial charge < -0.3 is 9.64 Å². The number of nitrogens with one attached hydrogen (secondary N) is 1. The van der Waals surface area contributed by atoms with Crippen LogP contribution in [0.25, 0.3) is 0 Å². The predicted molar refractivity (Wildman–Crippen MR) is 94.9 cm³/mol. The Morgan fingerprint density at radius 2 is 1.91 bits per heavy atom. The van der Waals surface area contributed by atoms with Gasteiger partial charge >= 0.3 is 0 Å². The van der Waals surface area contributed by atoms with Gasteiger partial charge in [0.05, 0.1) is 29.5 Å². The molecule has 1 aromatic carbocycles. The van der Waals surface area contributed by atoms with Gasteiger partial charge in [-0.1, -0.05) is 35.3 Å². The van der Waals surface area contributed by atoms with Gasteiger partial charge in [-0.2, -0.15) is 5.10 Å². The van der Waals surface area contributed by atoms with E-state index in [1.165, 1.54) is 11.9 Å². The number of morpholine rings is 1. The van der Waals surface area contributed by atoms with E-state index in [0.717, 1.165) is 31.9 Å². The molecule has 2 aromatic rings. The SMILES string of the molecule is Clc1cnc(NN=Cc2ccc(N3CCOCC3)cc2)c(Cl)c1. The zero-order valence-corrected chi connectivity index (χ0v) is 13.9. The second-order valence-corrected chi connectivity index (χ2v) is 5.89. The first-order chi connectivity index (χ1) is 11.2. The highest BCUT2D eigenvalue weighted by Gasteiger charge is 2.10. The van der Waals surface area contributed by atoms with E-state index in [1.54, 1.807) is 12.3 Å². The van der Waals surface area contributed by atoms with E-state index in [-0.39, 0.29) is 0 Å². The molecule has 0 unspecified atom stereocenters. The Morgan fingerprint density at radius 1 is 1.17 bits per heavy atom. The first-order valence-corrected chi connectivity index (χ1v) is 8.01. The van der Waals surface area contributed by atoms with E-state index in [0.29, 0.717) is 15.9 Å². The van der Waals surface area contributed by atoms with Crippen molar-refractivity contribution >= 4 is 40.9 Å². The molecule has 1 aromatic heterocycles. The van der Waals surface area contributed by atoms with Gasteiger partial charge in [0.2, 0.25) is 0 Å². The van der Waals surface area contributed by atoms with Gasteiger partial charge in [0.15, 0.2) is 5.82 Å². The third kappa shape index (κ3) is 4.34. The second-order valence-electron chi connectivity index (χ2n) is 5.04. The molecule has 0 saturated carbocycles. The maximum Gasteiger partial charge on any atom is 0.165 e. The van der Waals surface area contributed by atoms with Gasteiger partial charge in [0, 0.05) is 25.0 Å². The van der Waals surface area contributed by atoms with Gasteiger partial charge in [-0.3, -0.25) is 5.43 Å². The summed E-state index contributed by atoms with van der Waals surface area (Å²) in [5, 5.41) is 5.06. The Bertz CT molecular complexity index is 685. The Balaban J connectivity index is 1.61. The largest absolute Gasteiger partial charge is 0.378 e. The fourth-order valence-electron chi connectivity index (χ4n) is 2.26. The first-order valence-electron chi connectivity index (χ1n) is 7.25. The number of benzene rings is 1. The summed E-state index contributed by atoms with van der Waals surface area (Å²) in [5.74, 6) is 0.470. The van der Waals surface area contributed by atoms with E-state index in [9.17, 15) is 0 Å². The van der Waals surface area contributed by atoms with Crippen molar-refractivity contribution in [3.05, 3.63) is 52.1 Å². The summed E-state index contributed by atoms with van der Waals surface area (Å²) in [6, 6.07) is 9.82. The molecule has 1 aliphatic heterocycles.